The molecule has 202 valence electrons. The van der Waals surface area contributed by atoms with Crippen LogP contribution in [0, 0.1) is 5.41 Å². The first-order valence-electron chi connectivity index (χ1n) is 12.4. The quantitative estimate of drug-likeness (QED) is 0.416. The van der Waals surface area contributed by atoms with Gasteiger partial charge in [-0.3, -0.25) is 23.9 Å². The molecule has 1 amide bonds. The number of amides is 1. The zero-order chi connectivity index (χ0) is 27.7. The molecule has 3 heterocycles. The van der Waals surface area contributed by atoms with Crippen molar-refractivity contribution in [3.8, 4) is 0 Å². The van der Waals surface area contributed by atoms with Gasteiger partial charge in [0, 0.05) is 42.7 Å². The van der Waals surface area contributed by atoms with Gasteiger partial charge < -0.3 is 5.32 Å². The van der Waals surface area contributed by atoms with Crippen LogP contribution < -0.4 is 5.32 Å². The van der Waals surface area contributed by atoms with Crippen LogP contribution in [0.4, 0.5) is 13.2 Å². The largest absolute Gasteiger partial charge is 0.433 e. The monoisotopic (exact) mass is 544 g/mol. The average Bonchev–Trinajstić information content (AvgIpc) is 3.24. The Bertz CT molecular complexity index is 1320. The van der Waals surface area contributed by atoms with Crippen LogP contribution in [0.3, 0.4) is 0 Å². The van der Waals surface area contributed by atoms with Gasteiger partial charge in [-0.05, 0) is 46.4 Å². The molecule has 2 atom stereocenters. The smallest absolute Gasteiger partial charge is 0.348 e. The van der Waals surface area contributed by atoms with E-state index in [1.165, 1.54) is 12.3 Å². The molecule has 0 fully saturated rings. The van der Waals surface area contributed by atoms with Crippen molar-refractivity contribution in [1.82, 2.24) is 20.2 Å². The second-order valence-corrected chi connectivity index (χ2v) is 12.2. The van der Waals surface area contributed by atoms with E-state index >= 15 is 0 Å². The highest BCUT2D eigenvalue weighted by atomic mass is 32.2. The van der Waals surface area contributed by atoms with Gasteiger partial charge in [-0.25, -0.2) is 0 Å². The van der Waals surface area contributed by atoms with E-state index in [1.54, 1.807) is 6.20 Å². The summed E-state index contributed by atoms with van der Waals surface area (Å²) in [6, 6.07) is 11.5. The highest BCUT2D eigenvalue weighted by molar-refractivity contribution is 7.85. The molecule has 0 saturated heterocycles. The van der Waals surface area contributed by atoms with Gasteiger partial charge >= 0.3 is 6.18 Å². The molecule has 1 N–H and O–H groups in total. The fraction of sp³-hybridized carbons (Fsp3) is 0.393. The number of rotatable bonds is 7. The minimum absolute atomic E-state index is 0.0795. The summed E-state index contributed by atoms with van der Waals surface area (Å²) in [6.07, 6.45) is -1.64. The van der Waals surface area contributed by atoms with E-state index < -0.39 is 22.7 Å². The Balaban J connectivity index is 1.47. The molecule has 1 aliphatic rings. The van der Waals surface area contributed by atoms with Gasteiger partial charge in [-0.15, -0.1) is 0 Å². The molecule has 2 aromatic heterocycles. The second-order valence-electron chi connectivity index (χ2n) is 10.5. The number of pyridine rings is 2. The number of hydrogen-bond acceptors (Lipinski definition) is 5. The first kappa shape index (κ1) is 27.9. The molecule has 10 heteroatoms. The number of hydrogen-bond donors (Lipinski definition) is 1. The topological polar surface area (TPSA) is 75.2 Å². The van der Waals surface area contributed by atoms with Crippen molar-refractivity contribution in [1.29, 1.82) is 0 Å². The molecule has 1 aliphatic heterocycles. The summed E-state index contributed by atoms with van der Waals surface area (Å²) >= 11 is 0. The normalized spacial score (nSPS) is 16.8. The number of benzene rings is 1. The van der Waals surface area contributed by atoms with Gasteiger partial charge in [0.15, 0.2) is 0 Å². The first-order valence-corrected chi connectivity index (χ1v) is 13.7. The van der Waals surface area contributed by atoms with E-state index in [4.69, 9.17) is 0 Å². The maximum absolute atomic E-state index is 12.9. The Morgan fingerprint density at radius 2 is 1.74 bits per heavy atom. The van der Waals surface area contributed by atoms with Crippen molar-refractivity contribution in [2.75, 3.05) is 5.75 Å². The summed E-state index contributed by atoms with van der Waals surface area (Å²) in [5.41, 5.74) is 2.69. The number of carbonyl (C=O) groups excluding carboxylic acids is 1. The van der Waals surface area contributed by atoms with E-state index in [9.17, 15) is 22.2 Å². The molecule has 6 nitrogen and oxygen atoms in total. The van der Waals surface area contributed by atoms with Crippen molar-refractivity contribution in [2.24, 2.45) is 5.41 Å². The van der Waals surface area contributed by atoms with E-state index in [2.05, 4.69) is 41.0 Å². The van der Waals surface area contributed by atoms with Crippen LogP contribution in [0.5, 0.6) is 0 Å². The summed E-state index contributed by atoms with van der Waals surface area (Å²) in [7, 11) is -1.02. The summed E-state index contributed by atoms with van der Waals surface area (Å²) in [5, 5.41) is 2.91. The average molecular weight is 545 g/mol. The highest BCUT2D eigenvalue weighted by Gasteiger charge is 2.40. The molecule has 1 aromatic carbocycles. The van der Waals surface area contributed by atoms with Crippen molar-refractivity contribution in [2.45, 2.75) is 64.4 Å². The number of nitrogens with one attached hydrogen (secondary N) is 1. The minimum atomic E-state index is -4.48. The van der Waals surface area contributed by atoms with Crippen LogP contribution in [0.15, 0.2) is 59.8 Å². The Kier molecular flexibility index (Phi) is 8.04. The molecule has 0 aliphatic carbocycles. The van der Waals surface area contributed by atoms with Crippen molar-refractivity contribution in [3.05, 3.63) is 88.5 Å². The Hall–Kier alpha value is -3.11. The molecule has 0 bridgehead atoms. The third-order valence-electron chi connectivity index (χ3n) is 6.48. The molecule has 2 unspecified atom stereocenters. The van der Waals surface area contributed by atoms with E-state index in [0.717, 1.165) is 27.8 Å². The van der Waals surface area contributed by atoms with E-state index in [-0.39, 0.29) is 17.4 Å². The van der Waals surface area contributed by atoms with Crippen LogP contribution in [0.2, 0.25) is 0 Å². The minimum Gasteiger partial charge on any atom is -0.348 e. The number of alkyl halides is 3. The SMILES string of the molecule is CCS(=O)c1ccc(CNC(=O)c2cnc3c(c2)CN(Cc2ccc(C(F)(F)F)nc2)C3C(C)(C)C)cc1. The highest BCUT2D eigenvalue weighted by Crippen LogP contribution is 2.44. The standard InChI is InChI=1S/C28H31F3N4O2S/c1-5-38(37)22-9-6-18(7-10-22)13-34-26(36)20-12-21-17-35(25(27(2,3)4)24(21)33-15-20)16-19-8-11-23(32-14-19)28(29,30)31/h6-12,14-15,25H,5,13,16-17H2,1-4H3,(H,34,36). The second kappa shape index (κ2) is 10.9. The Morgan fingerprint density at radius 3 is 2.32 bits per heavy atom. The number of halogens is 3. The fourth-order valence-corrected chi connectivity index (χ4v) is 5.51. The zero-order valence-electron chi connectivity index (χ0n) is 21.8. The molecular weight excluding hydrogens is 513 g/mol. The first-order chi connectivity index (χ1) is 17.9. The van der Waals surface area contributed by atoms with Gasteiger partial charge in [0.05, 0.1) is 28.1 Å². The third-order valence-corrected chi connectivity index (χ3v) is 7.81. The van der Waals surface area contributed by atoms with Gasteiger partial charge in [-0.1, -0.05) is 45.9 Å². The predicted molar refractivity (Wildman–Crippen MR) is 139 cm³/mol. The Morgan fingerprint density at radius 1 is 1.05 bits per heavy atom. The number of aromatic nitrogens is 2. The lowest BCUT2D eigenvalue weighted by Crippen LogP contribution is -2.31. The lowest BCUT2D eigenvalue weighted by atomic mass is 9.84. The van der Waals surface area contributed by atoms with Crippen LogP contribution in [0.1, 0.15) is 72.2 Å². The predicted octanol–water partition coefficient (Wildman–Crippen LogP) is 5.66. The lowest BCUT2D eigenvalue weighted by Gasteiger charge is -2.35. The van der Waals surface area contributed by atoms with Gasteiger partial charge in [0.25, 0.3) is 5.91 Å². The van der Waals surface area contributed by atoms with Gasteiger partial charge in [0.2, 0.25) is 0 Å². The maximum atomic E-state index is 12.9. The molecule has 0 saturated carbocycles. The summed E-state index contributed by atoms with van der Waals surface area (Å²) in [5.74, 6) is 0.301. The van der Waals surface area contributed by atoms with Crippen LogP contribution in [-0.4, -0.2) is 30.7 Å². The third kappa shape index (κ3) is 6.30. The summed E-state index contributed by atoms with van der Waals surface area (Å²) < 4.78 is 50.6. The zero-order valence-corrected chi connectivity index (χ0v) is 22.6. The van der Waals surface area contributed by atoms with Crippen LogP contribution >= 0.6 is 0 Å². The van der Waals surface area contributed by atoms with E-state index in [0.29, 0.717) is 36.5 Å². The number of fused-ring (bicyclic) bond motifs is 1. The van der Waals surface area contributed by atoms with Crippen molar-refractivity contribution < 1.29 is 22.2 Å². The summed E-state index contributed by atoms with van der Waals surface area (Å²) in [4.78, 5) is 24.1. The van der Waals surface area contributed by atoms with E-state index in [1.807, 2.05) is 37.3 Å². The molecule has 3 aromatic rings. The van der Waals surface area contributed by atoms with Crippen molar-refractivity contribution in [3.63, 3.8) is 0 Å². The van der Waals surface area contributed by atoms with Gasteiger partial charge in [0.1, 0.15) is 5.69 Å². The fourth-order valence-electron chi connectivity index (χ4n) is 4.74. The van der Waals surface area contributed by atoms with Crippen LogP contribution in [-0.2, 0) is 36.6 Å². The lowest BCUT2D eigenvalue weighted by molar-refractivity contribution is -0.141. The number of carbonyl (C=O) groups is 1. The molecular formula is C28H31F3N4O2S. The van der Waals surface area contributed by atoms with Gasteiger partial charge in [-0.2, -0.15) is 13.2 Å². The van der Waals surface area contributed by atoms with Crippen LogP contribution in [0.25, 0.3) is 0 Å². The molecule has 38 heavy (non-hydrogen) atoms. The maximum Gasteiger partial charge on any atom is 0.433 e. The van der Waals surface area contributed by atoms with Crippen molar-refractivity contribution >= 4 is 16.7 Å². The molecule has 4 rings (SSSR count). The number of nitrogens with zero attached hydrogens (tertiary/aromatic N) is 3. The molecule has 0 radical (unpaired) electrons. The Labute approximate surface area is 223 Å². The molecule has 0 spiro atoms. The summed E-state index contributed by atoms with van der Waals surface area (Å²) in [6.45, 7) is 9.39.